The predicted octanol–water partition coefficient (Wildman–Crippen LogP) is 3.85. The van der Waals surface area contributed by atoms with E-state index in [4.69, 9.17) is 0 Å². The first-order chi connectivity index (χ1) is 6.16. The van der Waals surface area contributed by atoms with Crippen LogP contribution in [0.15, 0.2) is 17.1 Å². The summed E-state index contributed by atoms with van der Waals surface area (Å²) < 4.78 is 0. The topological polar surface area (TPSA) is 12.4 Å². The maximum Gasteiger partial charge on any atom is 0.0407 e. The standard InChI is InChI=1S/C12H23N/c1-11(2)8-6-5-7-9-12(3)10-13-4/h12H,1,4-10H2,2-3H3. The molecular formula is C12H23N. The number of allylic oxidation sites excluding steroid dienone is 1. The van der Waals surface area contributed by atoms with Gasteiger partial charge in [0.05, 0.1) is 0 Å². The van der Waals surface area contributed by atoms with E-state index in [1.807, 2.05) is 0 Å². The normalized spacial score (nSPS) is 12.5. The van der Waals surface area contributed by atoms with Crippen LogP contribution in [0.2, 0.25) is 0 Å². The summed E-state index contributed by atoms with van der Waals surface area (Å²) in [6.45, 7) is 12.7. The summed E-state index contributed by atoms with van der Waals surface area (Å²) in [4.78, 5) is 3.90. The summed E-state index contributed by atoms with van der Waals surface area (Å²) in [5, 5.41) is 0. The molecule has 0 aliphatic heterocycles. The zero-order chi connectivity index (χ0) is 10.1. The zero-order valence-electron chi connectivity index (χ0n) is 9.18. The lowest BCUT2D eigenvalue weighted by Crippen LogP contribution is -1.98. The van der Waals surface area contributed by atoms with Gasteiger partial charge in [-0.2, -0.15) is 0 Å². The highest BCUT2D eigenvalue weighted by atomic mass is 14.7. The van der Waals surface area contributed by atoms with Crippen molar-refractivity contribution in [2.45, 2.75) is 46.0 Å². The van der Waals surface area contributed by atoms with E-state index >= 15 is 0 Å². The van der Waals surface area contributed by atoms with Crippen molar-refractivity contribution in [2.75, 3.05) is 6.54 Å². The molecule has 0 saturated carbocycles. The molecule has 0 rings (SSSR count). The molecule has 0 aromatic heterocycles. The summed E-state index contributed by atoms with van der Waals surface area (Å²) in [6.07, 6.45) is 6.42. The fourth-order valence-electron chi connectivity index (χ4n) is 1.41. The van der Waals surface area contributed by atoms with Crippen molar-refractivity contribution in [3.8, 4) is 0 Å². The Bertz CT molecular complexity index is 149. The fourth-order valence-corrected chi connectivity index (χ4v) is 1.41. The van der Waals surface area contributed by atoms with E-state index in [1.165, 1.54) is 37.7 Å². The molecule has 13 heavy (non-hydrogen) atoms. The van der Waals surface area contributed by atoms with Crippen molar-refractivity contribution in [2.24, 2.45) is 10.9 Å². The van der Waals surface area contributed by atoms with E-state index in [0.29, 0.717) is 5.92 Å². The Morgan fingerprint density at radius 1 is 1.31 bits per heavy atom. The highest BCUT2D eigenvalue weighted by Gasteiger charge is 1.99. The highest BCUT2D eigenvalue weighted by Crippen LogP contribution is 2.12. The predicted molar refractivity (Wildman–Crippen MR) is 61.5 cm³/mol. The van der Waals surface area contributed by atoms with Gasteiger partial charge in [-0.3, -0.25) is 0 Å². The molecule has 0 spiro atoms. The van der Waals surface area contributed by atoms with E-state index in [0.717, 1.165) is 6.54 Å². The number of rotatable bonds is 8. The lowest BCUT2D eigenvalue weighted by Gasteiger charge is -2.07. The molecule has 0 aliphatic carbocycles. The van der Waals surface area contributed by atoms with E-state index in [9.17, 15) is 0 Å². The van der Waals surface area contributed by atoms with Gasteiger partial charge in [0.2, 0.25) is 0 Å². The molecular weight excluding hydrogens is 158 g/mol. The molecule has 0 amide bonds. The van der Waals surface area contributed by atoms with Gasteiger partial charge in [-0.25, -0.2) is 0 Å². The lowest BCUT2D eigenvalue weighted by molar-refractivity contribution is 0.501. The molecule has 0 radical (unpaired) electrons. The second-order valence-corrected chi connectivity index (χ2v) is 4.07. The molecule has 0 N–H and O–H groups in total. The minimum absolute atomic E-state index is 0.710. The van der Waals surface area contributed by atoms with Crippen molar-refractivity contribution in [3.05, 3.63) is 12.2 Å². The van der Waals surface area contributed by atoms with Gasteiger partial charge in [0.15, 0.2) is 0 Å². The van der Waals surface area contributed by atoms with Crippen LogP contribution < -0.4 is 0 Å². The number of unbranched alkanes of at least 4 members (excludes halogenated alkanes) is 2. The monoisotopic (exact) mass is 181 g/mol. The van der Waals surface area contributed by atoms with Crippen LogP contribution in [0, 0.1) is 5.92 Å². The number of nitrogens with zero attached hydrogens (tertiary/aromatic N) is 1. The van der Waals surface area contributed by atoms with E-state index in [-0.39, 0.29) is 0 Å². The van der Waals surface area contributed by atoms with Gasteiger partial charge in [-0.1, -0.05) is 25.3 Å². The molecule has 0 saturated heterocycles. The lowest BCUT2D eigenvalue weighted by atomic mass is 10.0. The van der Waals surface area contributed by atoms with Crippen molar-refractivity contribution in [1.29, 1.82) is 0 Å². The van der Waals surface area contributed by atoms with Gasteiger partial charge in [-0.05, 0) is 38.8 Å². The van der Waals surface area contributed by atoms with Gasteiger partial charge >= 0.3 is 0 Å². The van der Waals surface area contributed by atoms with E-state index in [1.54, 1.807) is 0 Å². The molecule has 0 bridgehead atoms. The van der Waals surface area contributed by atoms with Crippen LogP contribution in [0.3, 0.4) is 0 Å². The summed E-state index contributed by atoms with van der Waals surface area (Å²) >= 11 is 0. The molecule has 0 aliphatic rings. The minimum atomic E-state index is 0.710. The van der Waals surface area contributed by atoms with Gasteiger partial charge in [-0.15, -0.1) is 6.58 Å². The molecule has 0 fully saturated rings. The fraction of sp³-hybridized carbons (Fsp3) is 0.750. The third kappa shape index (κ3) is 9.32. The summed E-state index contributed by atoms with van der Waals surface area (Å²) in [6, 6.07) is 0. The van der Waals surface area contributed by atoms with Crippen molar-refractivity contribution in [1.82, 2.24) is 0 Å². The maximum absolute atomic E-state index is 3.90. The quantitative estimate of drug-likeness (QED) is 0.306. The van der Waals surface area contributed by atoms with Crippen LogP contribution in [0.1, 0.15) is 46.0 Å². The Morgan fingerprint density at radius 2 is 2.00 bits per heavy atom. The Balaban J connectivity index is 3.15. The molecule has 0 aromatic rings. The van der Waals surface area contributed by atoms with Crippen LogP contribution in [0.5, 0.6) is 0 Å². The first kappa shape index (κ1) is 12.4. The average Bonchev–Trinajstić information content (AvgIpc) is 2.03. The summed E-state index contributed by atoms with van der Waals surface area (Å²) in [5.41, 5.74) is 1.31. The largest absolute Gasteiger partial charge is 0.301 e. The van der Waals surface area contributed by atoms with Crippen LogP contribution in [-0.4, -0.2) is 13.3 Å². The van der Waals surface area contributed by atoms with E-state index in [2.05, 4.69) is 32.1 Å². The number of aliphatic imine (C=N–C) groups is 1. The molecule has 1 nitrogen and oxygen atoms in total. The minimum Gasteiger partial charge on any atom is -0.301 e. The van der Waals surface area contributed by atoms with Crippen LogP contribution in [-0.2, 0) is 0 Å². The second-order valence-electron chi connectivity index (χ2n) is 4.07. The molecule has 1 heteroatoms. The molecule has 76 valence electrons. The van der Waals surface area contributed by atoms with Crippen LogP contribution in [0.25, 0.3) is 0 Å². The molecule has 0 heterocycles. The average molecular weight is 181 g/mol. The first-order valence-corrected chi connectivity index (χ1v) is 5.23. The third-order valence-corrected chi connectivity index (χ3v) is 2.24. The van der Waals surface area contributed by atoms with Gasteiger partial charge in [0.25, 0.3) is 0 Å². The molecule has 1 unspecified atom stereocenters. The first-order valence-electron chi connectivity index (χ1n) is 5.23. The smallest absolute Gasteiger partial charge is 0.0407 e. The third-order valence-electron chi connectivity index (χ3n) is 2.24. The maximum atomic E-state index is 3.90. The SMILES string of the molecule is C=NCC(C)CCCCCC(=C)C. The van der Waals surface area contributed by atoms with E-state index < -0.39 is 0 Å². The van der Waals surface area contributed by atoms with Crippen molar-refractivity contribution in [3.63, 3.8) is 0 Å². The summed E-state index contributed by atoms with van der Waals surface area (Å²) in [7, 11) is 0. The highest BCUT2D eigenvalue weighted by molar-refractivity contribution is 5.23. The van der Waals surface area contributed by atoms with Gasteiger partial charge < -0.3 is 4.99 Å². The number of hydrogen-bond acceptors (Lipinski definition) is 1. The van der Waals surface area contributed by atoms with Gasteiger partial charge in [0.1, 0.15) is 0 Å². The van der Waals surface area contributed by atoms with Crippen molar-refractivity contribution >= 4 is 6.72 Å². The Hall–Kier alpha value is -0.590. The van der Waals surface area contributed by atoms with Gasteiger partial charge in [0, 0.05) is 6.54 Å². The van der Waals surface area contributed by atoms with Crippen LogP contribution >= 0.6 is 0 Å². The van der Waals surface area contributed by atoms with Crippen molar-refractivity contribution < 1.29 is 0 Å². The second kappa shape index (κ2) is 8.03. The number of hydrogen-bond donors (Lipinski definition) is 0. The zero-order valence-corrected chi connectivity index (χ0v) is 9.18. The Kier molecular flexibility index (Phi) is 7.66. The molecule has 1 atom stereocenters. The Labute approximate surface area is 83.0 Å². The molecule has 0 aromatic carbocycles. The van der Waals surface area contributed by atoms with Crippen LogP contribution in [0.4, 0.5) is 0 Å². The summed E-state index contributed by atoms with van der Waals surface area (Å²) in [5.74, 6) is 0.710. The Morgan fingerprint density at radius 3 is 2.54 bits per heavy atom.